The Hall–Kier alpha value is -1.14. The molecular formula is C12H16BrN2O3+. The first kappa shape index (κ1) is 13.3. The lowest BCUT2D eigenvalue weighted by Gasteiger charge is -2.29. The first-order valence-electron chi connectivity index (χ1n) is 5.91. The van der Waals surface area contributed by atoms with E-state index in [4.69, 9.17) is 5.21 Å². The van der Waals surface area contributed by atoms with Gasteiger partial charge in [0, 0.05) is 22.3 Å². The molecule has 0 atom stereocenters. The summed E-state index contributed by atoms with van der Waals surface area (Å²) in [7, 11) is 0. The van der Waals surface area contributed by atoms with Gasteiger partial charge in [-0.15, -0.1) is 0 Å². The van der Waals surface area contributed by atoms with E-state index in [0.717, 1.165) is 31.4 Å². The number of halogens is 1. The second-order valence-electron chi connectivity index (χ2n) is 4.71. The Balaban J connectivity index is 2.21. The minimum atomic E-state index is -0.263. The summed E-state index contributed by atoms with van der Waals surface area (Å²) in [6.07, 6.45) is 4.08. The van der Waals surface area contributed by atoms with E-state index in [-0.39, 0.29) is 22.8 Å². The third-order valence-electron chi connectivity index (χ3n) is 3.44. The highest BCUT2D eigenvalue weighted by atomic mass is 79.9. The molecule has 1 aromatic rings. The summed E-state index contributed by atoms with van der Waals surface area (Å²) >= 11 is 3.36. The number of aliphatic hydroxyl groups excluding tert-OH is 1. The van der Waals surface area contributed by atoms with E-state index >= 15 is 0 Å². The highest BCUT2D eigenvalue weighted by molar-refractivity contribution is 9.10. The van der Waals surface area contributed by atoms with Gasteiger partial charge in [0.05, 0.1) is 17.1 Å². The Bertz CT molecular complexity index is 459. The topological polar surface area (TPSA) is 72.6 Å². The van der Waals surface area contributed by atoms with Crippen LogP contribution < -0.4 is 5.32 Å². The quantitative estimate of drug-likeness (QED) is 0.747. The molecule has 2 rings (SSSR count). The van der Waals surface area contributed by atoms with Crippen molar-refractivity contribution < 1.29 is 15.2 Å². The second kappa shape index (κ2) is 5.24. The van der Waals surface area contributed by atoms with Gasteiger partial charge >= 0.3 is 5.69 Å². The molecule has 1 fully saturated rings. The third kappa shape index (κ3) is 2.64. The molecule has 0 amide bonds. The predicted octanol–water partition coefficient (Wildman–Crippen LogP) is 2.97. The number of rotatable bonds is 4. The minimum absolute atomic E-state index is 0.0921. The highest BCUT2D eigenvalue weighted by Gasteiger charge is 2.33. The van der Waals surface area contributed by atoms with Crippen molar-refractivity contribution in [2.24, 2.45) is 0 Å². The summed E-state index contributed by atoms with van der Waals surface area (Å²) in [4.78, 5) is 10.6. The lowest BCUT2D eigenvalue weighted by Crippen LogP contribution is -2.39. The molecule has 0 saturated heterocycles. The summed E-state index contributed by atoms with van der Waals surface area (Å²) < 4.78 is 0.689. The van der Waals surface area contributed by atoms with Crippen molar-refractivity contribution in [2.45, 2.75) is 31.2 Å². The summed E-state index contributed by atoms with van der Waals surface area (Å²) in [6, 6.07) is 4.78. The van der Waals surface area contributed by atoms with Crippen molar-refractivity contribution in [3.05, 3.63) is 27.6 Å². The lowest BCUT2D eigenvalue weighted by atomic mass is 9.98. The second-order valence-corrected chi connectivity index (χ2v) is 5.56. The van der Waals surface area contributed by atoms with Gasteiger partial charge in [0.1, 0.15) is 0 Å². The standard InChI is InChI=1S/C12H16BrN2O3/c13-10-7-9(15(17)18)3-4-11(10)14-12(8-16)5-1-2-6-12/h3-4,7,14,16H,1-2,5-6,8H2,(H,17,18)/q+1. The van der Waals surface area contributed by atoms with E-state index < -0.39 is 0 Å². The Morgan fingerprint density at radius 3 is 2.56 bits per heavy atom. The van der Waals surface area contributed by atoms with E-state index in [0.29, 0.717) is 4.47 Å². The van der Waals surface area contributed by atoms with Gasteiger partial charge in [0.2, 0.25) is 0 Å². The number of benzene rings is 1. The van der Waals surface area contributed by atoms with Gasteiger partial charge in [-0.1, -0.05) is 12.8 Å². The van der Waals surface area contributed by atoms with Gasteiger partial charge in [0.15, 0.2) is 0 Å². The highest BCUT2D eigenvalue weighted by Crippen LogP contribution is 2.36. The zero-order valence-corrected chi connectivity index (χ0v) is 11.5. The van der Waals surface area contributed by atoms with Crippen molar-refractivity contribution in [1.29, 1.82) is 0 Å². The summed E-state index contributed by atoms with van der Waals surface area (Å²) in [5.74, 6) is 0. The number of aliphatic hydroxyl groups is 1. The van der Waals surface area contributed by atoms with Crippen LogP contribution in [0.1, 0.15) is 25.7 Å². The molecule has 1 aliphatic rings. The first-order chi connectivity index (χ1) is 8.56. The Morgan fingerprint density at radius 2 is 2.06 bits per heavy atom. The van der Waals surface area contributed by atoms with Gasteiger partial charge in [0.25, 0.3) is 4.92 Å². The SMILES string of the molecule is O=[N+](O)c1ccc(NC2(CO)CCCC2)c(Br)c1. The van der Waals surface area contributed by atoms with Gasteiger partial charge in [-0.25, -0.2) is 5.21 Å². The molecule has 3 N–H and O–H groups in total. The average molecular weight is 316 g/mol. The molecule has 0 aromatic heterocycles. The molecule has 1 saturated carbocycles. The fourth-order valence-corrected chi connectivity index (χ4v) is 2.85. The van der Waals surface area contributed by atoms with E-state index in [1.54, 1.807) is 6.07 Å². The molecule has 0 aliphatic heterocycles. The van der Waals surface area contributed by atoms with Crippen LogP contribution in [0.3, 0.4) is 0 Å². The summed E-state index contributed by atoms with van der Waals surface area (Å²) in [5.41, 5.74) is 0.717. The molecule has 0 bridgehead atoms. The number of anilines is 1. The molecular weight excluding hydrogens is 300 g/mol. The molecule has 1 aliphatic carbocycles. The molecule has 0 radical (unpaired) electrons. The average Bonchev–Trinajstić information content (AvgIpc) is 2.81. The van der Waals surface area contributed by atoms with Crippen molar-refractivity contribution in [2.75, 3.05) is 11.9 Å². The Morgan fingerprint density at radius 1 is 1.39 bits per heavy atom. The van der Waals surface area contributed by atoms with E-state index in [1.807, 2.05) is 0 Å². The largest absolute Gasteiger partial charge is 0.394 e. The van der Waals surface area contributed by atoms with Crippen LogP contribution in [0.25, 0.3) is 0 Å². The molecule has 6 heteroatoms. The van der Waals surface area contributed by atoms with Crippen LogP contribution in [0, 0.1) is 4.91 Å². The molecule has 5 nitrogen and oxygen atoms in total. The van der Waals surface area contributed by atoms with Crippen LogP contribution in [-0.2, 0) is 0 Å². The molecule has 0 heterocycles. The van der Waals surface area contributed by atoms with Gasteiger partial charge in [-0.3, -0.25) is 0 Å². The van der Waals surface area contributed by atoms with Crippen molar-refractivity contribution in [1.82, 2.24) is 0 Å². The maximum absolute atomic E-state index is 10.8. The fraction of sp³-hybridized carbons (Fsp3) is 0.500. The Labute approximate surface area is 113 Å². The predicted molar refractivity (Wildman–Crippen MR) is 71.1 cm³/mol. The van der Waals surface area contributed by atoms with Gasteiger partial charge in [-0.2, -0.15) is 0 Å². The van der Waals surface area contributed by atoms with Crippen LogP contribution >= 0.6 is 15.9 Å². The Kier molecular flexibility index (Phi) is 3.87. The summed E-state index contributed by atoms with van der Waals surface area (Å²) in [5, 5.41) is 21.7. The fourth-order valence-electron chi connectivity index (χ4n) is 2.38. The molecule has 0 unspecified atom stereocenters. The smallest absolute Gasteiger partial charge is 0.317 e. The van der Waals surface area contributed by atoms with E-state index in [9.17, 15) is 10.0 Å². The maximum Gasteiger partial charge on any atom is 0.317 e. The number of hydrogen-bond acceptors (Lipinski definition) is 3. The molecule has 1 aromatic carbocycles. The van der Waals surface area contributed by atoms with Crippen LogP contribution in [0.2, 0.25) is 0 Å². The van der Waals surface area contributed by atoms with Crippen molar-refractivity contribution in [3.63, 3.8) is 0 Å². The van der Waals surface area contributed by atoms with Crippen molar-refractivity contribution >= 4 is 27.3 Å². The molecule has 18 heavy (non-hydrogen) atoms. The van der Waals surface area contributed by atoms with Crippen LogP contribution in [0.5, 0.6) is 0 Å². The van der Waals surface area contributed by atoms with Gasteiger partial charge < -0.3 is 10.4 Å². The first-order valence-corrected chi connectivity index (χ1v) is 6.70. The zero-order valence-electron chi connectivity index (χ0n) is 9.90. The minimum Gasteiger partial charge on any atom is -0.394 e. The van der Waals surface area contributed by atoms with Crippen LogP contribution in [-0.4, -0.2) is 27.4 Å². The van der Waals surface area contributed by atoms with Crippen LogP contribution in [0.15, 0.2) is 22.7 Å². The van der Waals surface area contributed by atoms with E-state index in [2.05, 4.69) is 21.2 Å². The normalized spacial score (nSPS) is 17.7. The van der Waals surface area contributed by atoms with Crippen LogP contribution in [0.4, 0.5) is 11.4 Å². The van der Waals surface area contributed by atoms with Gasteiger partial charge in [-0.05, 0) is 34.8 Å². The monoisotopic (exact) mass is 315 g/mol. The van der Waals surface area contributed by atoms with Crippen molar-refractivity contribution in [3.8, 4) is 0 Å². The third-order valence-corrected chi connectivity index (χ3v) is 4.09. The summed E-state index contributed by atoms with van der Waals surface area (Å²) in [6.45, 7) is 0.0921. The molecule has 98 valence electrons. The maximum atomic E-state index is 10.8. The number of nitrogens with one attached hydrogen (secondary N) is 1. The number of nitrogens with zero attached hydrogens (tertiary/aromatic N) is 1. The number of hydrogen-bond donors (Lipinski definition) is 3. The lowest BCUT2D eigenvalue weighted by molar-refractivity contribution is -0.729. The zero-order chi connectivity index (χ0) is 13.2. The molecule has 0 spiro atoms. The van der Waals surface area contributed by atoms with E-state index in [1.165, 1.54) is 12.1 Å².